The lowest BCUT2D eigenvalue weighted by molar-refractivity contribution is -0.139. The minimum absolute atomic E-state index is 0.0529. The maximum atomic E-state index is 12.8. The largest absolute Gasteiger partial charge is 0.450 e. The summed E-state index contributed by atoms with van der Waals surface area (Å²) in [7, 11) is 3.52. The van der Waals surface area contributed by atoms with Crippen molar-refractivity contribution in [3.63, 3.8) is 0 Å². The molecule has 2 rings (SSSR count). The Morgan fingerprint density at radius 1 is 0.688 bits per heavy atom. The van der Waals surface area contributed by atoms with Crippen LogP contribution in [-0.2, 0) is 19.1 Å². The van der Waals surface area contributed by atoms with Crippen LogP contribution >= 0.6 is 0 Å². The predicted octanol–water partition coefficient (Wildman–Crippen LogP) is 1.64. The van der Waals surface area contributed by atoms with Crippen LogP contribution in [0.4, 0.5) is 9.59 Å². The molecule has 0 N–H and O–H groups in total. The molecule has 4 amide bonds. The molecule has 0 atom stereocenters. The van der Waals surface area contributed by atoms with Gasteiger partial charge in [0.2, 0.25) is 11.8 Å². The topological polar surface area (TPSA) is 99.7 Å². The quantitative estimate of drug-likeness (QED) is 0.580. The van der Waals surface area contributed by atoms with Crippen LogP contribution in [0.1, 0.15) is 39.5 Å². The number of hydrogen-bond acceptors (Lipinski definition) is 6. The van der Waals surface area contributed by atoms with Gasteiger partial charge in [0.15, 0.2) is 0 Å². The van der Waals surface area contributed by atoms with Crippen molar-refractivity contribution >= 4 is 24.0 Å². The lowest BCUT2D eigenvalue weighted by Crippen LogP contribution is -2.47. The zero-order valence-electron chi connectivity index (χ0n) is 19.9. The fourth-order valence-corrected chi connectivity index (χ4v) is 4.19. The van der Waals surface area contributed by atoms with Crippen LogP contribution in [0.2, 0.25) is 0 Å². The summed E-state index contributed by atoms with van der Waals surface area (Å²) >= 11 is 0. The van der Waals surface area contributed by atoms with Crippen LogP contribution in [-0.4, -0.2) is 110 Å². The Morgan fingerprint density at radius 3 is 1.28 bits per heavy atom. The van der Waals surface area contributed by atoms with Crippen LogP contribution in [0.3, 0.4) is 0 Å². The molecule has 10 nitrogen and oxygen atoms in total. The fraction of sp³-hybridized carbons (Fsp3) is 0.818. The molecule has 32 heavy (non-hydrogen) atoms. The van der Waals surface area contributed by atoms with Gasteiger partial charge in [0.05, 0.1) is 13.2 Å². The molecule has 0 unspecified atom stereocenters. The van der Waals surface area contributed by atoms with E-state index >= 15 is 0 Å². The second-order valence-corrected chi connectivity index (χ2v) is 8.44. The Balaban J connectivity index is 1.71. The standard InChI is InChI=1S/C22H38N4O6/c1-5-31-21(29)25-11-7-17(8-12-25)19(27)23(3)15-16-24(4)20(28)18-9-13-26(14-10-18)22(30)32-6-2/h17-18H,5-16H2,1-4H3. The maximum Gasteiger partial charge on any atom is 0.409 e. The van der Waals surface area contributed by atoms with Gasteiger partial charge in [0.25, 0.3) is 0 Å². The van der Waals surface area contributed by atoms with Gasteiger partial charge in [-0.1, -0.05) is 0 Å². The molecule has 0 aliphatic carbocycles. The number of likely N-dealkylation sites (tertiary alicyclic amines) is 2. The molecular formula is C22H38N4O6. The van der Waals surface area contributed by atoms with Gasteiger partial charge >= 0.3 is 12.2 Å². The number of ether oxygens (including phenoxy) is 2. The maximum absolute atomic E-state index is 12.8. The Bertz CT molecular complexity index is 601. The SMILES string of the molecule is CCOC(=O)N1CCC(C(=O)N(C)CCN(C)C(=O)C2CCN(C(=O)OCC)CC2)CC1. The van der Waals surface area contributed by atoms with Crippen molar-refractivity contribution < 1.29 is 28.7 Å². The van der Waals surface area contributed by atoms with Crippen LogP contribution < -0.4 is 0 Å². The van der Waals surface area contributed by atoms with Crippen LogP contribution in [0.5, 0.6) is 0 Å². The molecule has 0 aromatic carbocycles. The van der Waals surface area contributed by atoms with Gasteiger partial charge in [-0.25, -0.2) is 9.59 Å². The van der Waals surface area contributed by atoms with E-state index in [1.54, 1.807) is 47.5 Å². The molecule has 0 bridgehead atoms. The first-order chi connectivity index (χ1) is 15.3. The average molecular weight is 455 g/mol. The molecule has 0 aromatic heterocycles. The van der Waals surface area contributed by atoms with E-state index in [4.69, 9.17) is 9.47 Å². The van der Waals surface area contributed by atoms with Crippen molar-refractivity contribution in [2.45, 2.75) is 39.5 Å². The Kier molecular flexibility index (Phi) is 10.1. The molecule has 2 aliphatic heterocycles. The number of rotatable bonds is 7. The number of carbonyl (C=O) groups excluding carboxylic acids is 4. The highest BCUT2D eigenvalue weighted by atomic mass is 16.6. The van der Waals surface area contributed by atoms with Crippen molar-refractivity contribution in [2.75, 3.05) is 66.6 Å². The molecule has 2 heterocycles. The first-order valence-electron chi connectivity index (χ1n) is 11.6. The van der Waals surface area contributed by atoms with Crippen molar-refractivity contribution in [2.24, 2.45) is 11.8 Å². The molecule has 0 spiro atoms. The van der Waals surface area contributed by atoms with E-state index in [1.165, 1.54) is 0 Å². The first-order valence-corrected chi connectivity index (χ1v) is 11.6. The molecule has 2 saturated heterocycles. The second-order valence-electron chi connectivity index (χ2n) is 8.44. The number of nitrogens with zero attached hydrogens (tertiary/aromatic N) is 4. The second kappa shape index (κ2) is 12.5. The third kappa shape index (κ3) is 7.00. The summed E-state index contributed by atoms with van der Waals surface area (Å²) in [6, 6.07) is 0. The van der Waals surface area contributed by atoms with E-state index in [-0.39, 0.29) is 35.8 Å². The minimum Gasteiger partial charge on any atom is -0.450 e. The highest BCUT2D eigenvalue weighted by Crippen LogP contribution is 2.21. The highest BCUT2D eigenvalue weighted by molar-refractivity contribution is 5.80. The van der Waals surface area contributed by atoms with E-state index in [2.05, 4.69) is 0 Å². The molecule has 10 heteroatoms. The van der Waals surface area contributed by atoms with Crippen LogP contribution in [0, 0.1) is 11.8 Å². The molecule has 2 fully saturated rings. The fourth-order valence-electron chi connectivity index (χ4n) is 4.19. The predicted molar refractivity (Wildman–Crippen MR) is 118 cm³/mol. The normalized spacial score (nSPS) is 17.6. The Labute approximate surface area is 190 Å². The molecule has 0 aromatic rings. The van der Waals surface area contributed by atoms with Crippen LogP contribution in [0.15, 0.2) is 0 Å². The molecule has 0 radical (unpaired) electrons. The molecule has 0 saturated carbocycles. The van der Waals surface area contributed by atoms with E-state index in [0.29, 0.717) is 78.2 Å². The third-order valence-electron chi connectivity index (χ3n) is 6.26. The highest BCUT2D eigenvalue weighted by Gasteiger charge is 2.31. The zero-order chi connectivity index (χ0) is 23.7. The number of likely N-dealkylation sites (N-methyl/N-ethyl adjacent to an activating group) is 2. The minimum atomic E-state index is -0.319. The number of hydrogen-bond donors (Lipinski definition) is 0. The Morgan fingerprint density at radius 2 is 1.00 bits per heavy atom. The third-order valence-corrected chi connectivity index (χ3v) is 6.26. The summed E-state index contributed by atoms with van der Waals surface area (Å²) in [5.41, 5.74) is 0. The summed E-state index contributed by atoms with van der Waals surface area (Å²) in [5, 5.41) is 0. The molecule has 182 valence electrons. The summed E-state index contributed by atoms with van der Waals surface area (Å²) in [5.74, 6) is -0.119. The lowest BCUT2D eigenvalue weighted by Gasteiger charge is -2.34. The summed E-state index contributed by atoms with van der Waals surface area (Å²) < 4.78 is 10.0. The number of carbonyl (C=O) groups is 4. The van der Waals surface area contributed by atoms with Gasteiger partial charge < -0.3 is 29.1 Å². The molecular weight excluding hydrogens is 416 g/mol. The lowest BCUT2D eigenvalue weighted by atomic mass is 9.95. The summed E-state index contributed by atoms with van der Waals surface area (Å²) in [6.07, 6.45) is 1.84. The van der Waals surface area contributed by atoms with Crippen molar-refractivity contribution in [1.29, 1.82) is 0 Å². The van der Waals surface area contributed by atoms with Gasteiger partial charge in [0.1, 0.15) is 0 Å². The van der Waals surface area contributed by atoms with Gasteiger partial charge in [-0.15, -0.1) is 0 Å². The van der Waals surface area contributed by atoms with Gasteiger partial charge in [-0.2, -0.15) is 0 Å². The summed E-state index contributed by atoms with van der Waals surface area (Å²) in [4.78, 5) is 55.8. The van der Waals surface area contributed by atoms with Gasteiger partial charge in [-0.3, -0.25) is 9.59 Å². The van der Waals surface area contributed by atoms with Crippen molar-refractivity contribution in [3.8, 4) is 0 Å². The van der Waals surface area contributed by atoms with Crippen molar-refractivity contribution in [1.82, 2.24) is 19.6 Å². The van der Waals surface area contributed by atoms with E-state index in [9.17, 15) is 19.2 Å². The molecule has 2 aliphatic rings. The smallest absolute Gasteiger partial charge is 0.409 e. The first kappa shape index (κ1) is 25.7. The average Bonchev–Trinajstić information content (AvgIpc) is 2.81. The van der Waals surface area contributed by atoms with Gasteiger partial charge in [-0.05, 0) is 39.5 Å². The monoisotopic (exact) mass is 454 g/mol. The number of amides is 4. The summed E-state index contributed by atoms with van der Waals surface area (Å²) in [6.45, 7) is 7.24. The van der Waals surface area contributed by atoms with Gasteiger partial charge in [0, 0.05) is 65.2 Å². The number of piperidine rings is 2. The van der Waals surface area contributed by atoms with E-state index < -0.39 is 0 Å². The zero-order valence-corrected chi connectivity index (χ0v) is 19.9. The van der Waals surface area contributed by atoms with E-state index in [1.807, 2.05) is 0 Å². The van der Waals surface area contributed by atoms with Crippen molar-refractivity contribution in [3.05, 3.63) is 0 Å². The van der Waals surface area contributed by atoms with Crippen LogP contribution in [0.25, 0.3) is 0 Å². The Hall–Kier alpha value is -2.52. The van der Waals surface area contributed by atoms with E-state index in [0.717, 1.165) is 0 Å².